The van der Waals surface area contributed by atoms with E-state index in [1.807, 2.05) is 11.9 Å². The van der Waals surface area contributed by atoms with Crippen molar-refractivity contribution in [3.8, 4) is 0 Å². The van der Waals surface area contributed by atoms with Crippen LogP contribution in [0.5, 0.6) is 0 Å². The maximum atomic E-state index is 13.3. The van der Waals surface area contributed by atoms with Gasteiger partial charge in [-0.1, -0.05) is 11.6 Å². The average molecular weight is 232 g/mol. The number of hydrogen-bond donors (Lipinski definition) is 2. The summed E-state index contributed by atoms with van der Waals surface area (Å²) in [6.07, 6.45) is 0. The molecule has 0 heterocycles. The number of nitrogens with one attached hydrogen (secondary N) is 1. The second-order valence-corrected chi connectivity index (χ2v) is 3.98. The molecule has 0 atom stereocenters. The third-order valence-electron chi connectivity index (χ3n) is 2.13. The lowest BCUT2D eigenvalue weighted by molar-refractivity contribution is 0.301. The molecule has 0 radical (unpaired) electrons. The van der Waals surface area contributed by atoms with Crippen LogP contribution in [0.1, 0.15) is 11.1 Å². The molecule has 0 bridgehead atoms. The van der Waals surface area contributed by atoms with Crippen molar-refractivity contribution >= 4 is 11.6 Å². The topological polar surface area (TPSA) is 41.3 Å². The predicted molar refractivity (Wildman–Crippen MR) is 59.8 cm³/mol. The van der Waals surface area contributed by atoms with Crippen molar-refractivity contribution in [2.45, 2.75) is 13.5 Å². The smallest absolute Gasteiger partial charge is 0.126 e. The van der Waals surface area contributed by atoms with E-state index >= 15 is 0 Å². The van der Waals surface area contributed by atoms with Gasteiger partial charge in [0, 0.05) is 11.6 Å². The summed E-state index contributed by atoms with van der Waals surface area (Å²) in [4.78, 5) is 1.90. The largest absolute Gasteiger partial charge is 0.288 e. The molecule has 0 amide bonds. The normalized spacial score (nSPS) is 11.1. The molecule has 3 nitrogen and oxygen atoms in total. The Kier molecular flexibility index (Phi) is 4.47. The van der Waals surface area contributed by atoms with Crippen LogP contribution >= 0.6 is 11.6 Å². The lowest BCUT2D eigenvalue weighted by atomic mass is 10.1. The summed E-state index contributed by atoms with van der Waals surface area (Å²) in [6.45, 7) is 2.77. The number of aryl methyl sites for hydroxylation is 1. The van der Waals surface area contributed by atoms with E-state index in [-0.39, 0.29) is 5.82 Å². The minimum absolute atomic E-state index is 0.233. The first-order valence-electron chi connectivity index (χ1n) is 4.61. The van der Waals surface area contributed by atoms with E-state index in [2.05, 4.69) is 5.43 Å². The molecule has 1 aromatic rings. The number of benzene rings is 1. The monoisotopic (exact) mass is 231 g/mol. The number of nitrogens with zero attached hydrogens (tertiary/aromatic N) is 1. The first-order valence-corrected chi connectivity index (χ1v) is 4.99. The minimum Gasteiger partial charge on any atom is -0.288 e. The standard InChI is InChI=1S/C10H15ClFN3/c1-7-3-9(11)8(4-10(7)12)5-15(2)6-14-13/h3-4,14H,5-6,13H2,1-2H3. The predicted octanol–water partition coefficient (Wildman–Crippen LogP) is 1.64. The Morgan fingerprint density at radius 3 is 2.80 bits per heavy atom. The maximum Gasteiger partial charge on any atom is 0.126 e. The van der Waals surface area contributed by atoms with Gasteiger partial charge in [0.2, 0.25) is 0 Å². The van der Waals surface area contributed by atoms with Crippen molar-refractivity contribution in [1.82, 2.24) is 10.3 Å². The summed E-state index contributed by atoms with van der Waals surface area (Å²) < 4.78 is 13.3. The van der Waals surface area contributed by atoms with Gasteiger partial charge in [0.1, 0.15) is 5.82 Å². The fourth-order valence-electron chi connectivity index (χ4n) is 1.31. The highest BCUT2D eigenvalue weighted by Crippen LogP contribution is 2.21. The van der Waals surface area contributed by atoms with Crippen LogP contribution in [0.25, 0.3) is 0 Å². The van der Waals surface area contributed by atoms with Crippen LogP contribution in [0.4, 0.5) is 4.39 Å². The molecule has 1 rings (SSSR count). The van der Waals surface area contributed by atoms with Crippen LogP contribution in [-0.4, -0.2) is 18.6 Å². The quantitative estimate of drug-likeness (QED) is 0.470. The van der Waals surface area contributed by atoms with E-state index in [0.29, 0.717) is 23.8 Å². The van der Waals surface area contributed by atoms with Gasteiger partial charge in [0.05, 0.1) is 6.67 Å². The molecule has 84 valence electrons. The van der Waals surface area contributed by atoms with Gasteiger partial charge < -0.3 is 0 Å². The molecule has 0 aliphatic carbocycles. The summed E-state index contributed by atoms with van der Waals surface area (Å²) in [5, 5.41) is 0.581. The van der Waals surface area contributed by atoms with Crippen LogP contribution in [0.3, 0.4) is 0 Å². The van der Waals surface area contributed by atoms with E-state index in [0.717, 1.165) is 5.56 Å². The molecule has 0 aliphatic heterocycles. The number of rotatable bonds is 4. The van der Waals surface area contributed by atoms with Gasteiger partial charge in [-0.25, -0.2) is 9.82 Å². The molecule has 0 aliphatic rings. The first-order chi connectivity index (χ1) is 7.04. The highest BCUT2D eigenvalue weighted by molar-refractivity contribution is 6.31. The Balaban J connectivity index is 2.81. The average Bonchev–Trinajstić information content (AvgIpc) is 2.14. The second-order valence-electron chi connectivity index (χ2n) is 3.57. The molecule has 0 spiro atoms. The Morgan fingerprint density at radius 1 is 1.53 bits per heavy atom. The van der Waals surface area contributed by atoms with Crippen LogP contribution in [0.2, 0.25) is 5.02 Å². The molecule has 3 N–H and O–H groups in total. The molecular formula is C10H15ClFN3. The minimum atomic E-state index is -0.233. The van der Waals surface area contributed by atoms with E-state index in [1.54, 1.807) is 13.0 Å². The molecule has 5 heteroatoms. The van der Waals surface area contributed by atoms with Gasteiger partial charge in [0.25, 0.3) is 0 Å². The SMILES string of the molecule is Cc1cc(Cl)c(CN(C)CNN)cc1F. The fourth-order valence-corrected chi connectivity index (χ4v) is 1.59. The zero-order valence-corrected chi connectivity index (χ0v) is 9.61. The van der Waals surface area contributed by atoms with E-state index < -0.39 is 0 Å². The molecular weight excluding hydrogens is 217 g/mol. The Hall–Kier alpha value is -0.680. The fraction of sp³-hybridized carbons (Fsp3) is 0.400. The molecule has 0 saturated heterocycles. The van der Waals surface area contributed by atoms with E-state index in [1.165, 1.54) is 6.07 Å². The van der Waals surface area contributed by atoms with Gasteiger partial charge in [-0.2, -0.15) is 0 Å². The lowest BCUT2D eigenvalue weighted by Gasteiger charge is -2.17. The maximum absolute atomic E-state index is 13.3. The Bertz CT molecular complexity index is 344. The number of hydrazine groups is 1. The first kappa shape index (κ1) is 12.4. The molecule has 0 fully saturated rings. The number of halogens is 2. The zero-order chi connectivity index (χ0) is 11.4. The van der Waals surface area contributed by atoms with Crippen LogP contribution < -0.4 is 11.3 Å². The summed E-state index contributed by atoms with van der Waals surface area (Å²) in [5.74, 6) is 4.94. The lowest BCUT2D eigenvalue weighted by Crippen LogP contribution is -2.35. The third kappa shape index (κ3) is 3.43. The van der Waals surface area contributed by atoms with E-state index in [9.17, 15) is 4.39 Å². The second kappa shape index (κ2) is 5.42. The van der Waals surface area contributed by atoms with Gasteiger partial charge in [-0.3, -0.25) is 10.7 Å². The Morgan fingerprint density at radius 2 is 2.20 bits per heavy atom. The number of nitrogens with two attached hydrogens (primary N) is 1. The molecule has 0 aromatic heterocycles. The summed E-state index contributed by atoms with van der Waals surface area (Å²) in [6, 6.07) is 3.10. The highest BCUT2D eigenvalue weighted by atomic mass is 35.5. The van der Waals surface area contributed by atoms with Crippen LogP contribution in [0.15, 0.2) is 12.1 Å². The van der Waals surface area contributed by atoms with Crippen LogP contribution in [0, 0.1) is 12.7 Å². The third-order valence-corrected chi connectivity index (χ3v) is 2.48. The molecule has 0 saturated carbocycles. The molecule has 0 unspecified atom stereocenters. The highest BCUT2D eigenvalue weighted by Gasteiger charge is 2.07. The van der Waals surface area contributed by atoms with Gasteiger partial charge in [0.15, 0.2) is 0 Å². The molecule has 1 aromatic carbocycles. The van der Waals surface area contributed by atoms with Crippen molar-refractivity contribution < 1.29 is 4.39 Å². The van der Waals surface area contributed by atoms with Crippen molar-refractivity contribution in [2.24, 2.45) is 5.84 Å². The van der Waals surface area contributed by atoms with E-state index in [4.69, 9.17) is 17.4 Å². The number of hydrogen-bond acceptors (Lipinski definition) is 3. The summed E-state index contributed by atoms with van der Waals surface area (Å²) in [7, 11) is 1.87. The summed E-state index contributed by atoms with van der Waals surface area (Å²) >= 11 is 6.00. The summed E-state index contributed by atoms with van der Waals surface area (Å²) in [5.41, 5.74) is 3.84. The van der Waals surface area contributed by atoms with Gasteiger partial charge >= 0.3 is 0 Å². The van der Waals surface area contributed by atoms with Crippen molar-refractivity contribution in [3.63, 3.8) is 0 Å². The zero-order valence-electron chi connectivity index (χ0n) is 8.85. The van der Waals surface area contributed by atoms with Gasteiger partial charge in [-0.15, -0.1) is 0 Å². The van der Waals surface area contributed by atoms with Gasteiger partial charge in [-0.05, 0) is 37.2 Å². The Labute approximate surface area is 94.0 Å². The van der Waals surface area contributed by atoms with Crippen LogP contribution in [-0.2, 0) is 6.54 Å². The van der Waals surface area contributed by atoms with Crippen molar-refractivity contribution in [2.75, 3.05) is 13.7 Å². The van der Waals surface area contributed by atoms with Crippen molar-refractivity contribution in [1.29, 1.82) is 0 Å². The molecule has 15 heavy (non-hydrogen) atoms. The van der Waals surface area contributed by atoms with Crippen molar-refractivity contribution in [3.05, 3.63) is 34.1 Å².